The molecule has 19 heavy (non-hydrogen) atoms. The minimum Gasteiger partial charge on any atom is -0.233 e. The van der Waals surface area contributed by atoms with Crippen LogP contribution in [0.1, 0.15) is 0 Å². The number of hydrogen-bond donors (Lipinski definition) is 0. The van der Waals surface area contributed by atoms with Crippen molar-refractivity contribution in [1.82, 2.24) is 9.33 Å². The molecule has 0 bridgehead atoms. The average Bonchev–Trinajstić information content (AvgIpc) is 2.21. The monoisotopic (exact) mass is 365 g/mol. The lowest BCUT2D eigenvalue weighted by molar-refractivity contribution is -0.362. The van der Waals surface area contributed by atoms with Gasteiger partial charge in [0.05, 0.1) is 0 Å². The Morgan fingerprint density at radius 2 is 1.53 bits per heavy atom. The highest BCUT2D eigenvalue weighted by atomic mass is 31.3. The molecular weight excluding hydrogens is 365 g/mol. The maximum absolute atomic E-state index is 13.3. The molecule has 0 aliphatic carbocycles. The molecule has 0 saturated carbocycles. The summed E-state index contributed by atoms with van der Waals surface area (Å²) in [6.45, 7) is 0. The number of alkyl halides is 5. The van der Waals surface area contributed by atoms with Crippen LogP contribution in [0.4, 0.5) is 43.5 Å². The van der Waals surface area contributed by atoms with Crippen LogP contribution in [0, 0.1) is 0 Å². The summed E-state index contributed by atoms with van der Waals surface area (Å²) in [6, 6.07) is 0. The molecule has 0 aromatic carbocycles. The molecule has 0 saturated heterocycles. The quantitative estimate of drug-likeness (QED) is 0.349. The predicted octanol–water partition coefficient (Wildman–Crippen LogP) is 5.85. The Balaban J connectivity index is 3.14. The van der Waals surface area contributed by atoms with Crippen molar-refractivity contribution in [1.29, 1.82) is 0 Å². The van der Waals surface area contributed by atoms with Crippen LogP contribution < -0.4 is 0 Å². The minimum atomic E-state index is -6.48. The largest absolute Gasteiger partial charge is 0.483 e. The highest BCUT2D eigenvalue weighted by Crippen LogP contribution is 2.81. The maximum atomic E-state index is 13.3. The summed E-state index contributed by atoms with van der Waals surface area (Å²) in [5.41, 5.74) is 0. The summed E-state index contributed by atoms with van der Waals surface area (Å²) < 4.78 is 124. The van der Waals surface area contributed by atoms with Crippen molar-refractivity contribution in [3.63, 3.8) is 0 Å². The molecule has 0 aromatic heterocycles. The number of rotatable bonds is 2. The van der Waals surface area contributed by atoms with Gasteiger partial charge < -0.3 is 0 Å². The van der Waals surface area contributed by atoms with Crippen molar-refractivity contribution in [3.8, 4) is 0 Å². The Kier molecular flexibility index (Phi) is 4.77. The zero-order valence-electron chi connectivity index (χ0n) is 7.87. The molecule has 1 rings (SSSR count). The standard InChI is InChI=1S/C2F10N3OP3/c3-1(4,5)2(6,7)16-19(12)13-17(10)14(8)18(11)15(19)9. The zero-order chi connectivity index (χ0) is 15.2. The van der Waals surface area contributed by atoms with E-state index in [1.54, 1.807) is 4.52 Å². The molecule has 0 amide bonds. The lowest BCUT2D eigenvalue weighted by Gasteiger charge is -2.32. The van der Waals surface area contributed by atoms with Crippen molar-refractivity contribution in [2.24, 2.45) is 4.52 Å². The van der Waals surface area contributed by atoms with Crippen molar-refractivity contribution in [3.05, 3.63) is 0 Å². The van der Waals surface area contributed by atoms with Gasteiger partial charge in [-0.1, -0.05) is 0 Å². The molecule has 1 aliphatic heterocycles. The molecule has 114 valence electrons. The Bertz CT molecular complexity index is 400. The molecule has 0 N–H and O–H groups in total. The Labute approximate surface area is 100.0 Å². The number of hydrogen-bond acceptors (Lipinski definition) is 4. The first-order chi connectivity index (χ1) is 8.32. The summed E-state index contributed by atoms with van der Waals surface area (Å²) in [7, 11) is -15.3. The first kappa shape index (κ1) is 17.3. The second-order valence-corrected chi connectivity index (χ2v) is 7.47. The molecule has 1 heterocycles. The van der Waals surface area contributed by atoms with E-state index in [4.69, 9.17) is 0 Å². The molecule has 0 aromatic rings. The van der Waals surface area contributed by atoms with Gasteiger partial charge in [-0.15, -0.1) is 8.96 Å². The van der Waals surface area contributed by atoms with Crippen LogP contribution in [-0.4, -0.2) is 21.6 Å². The SMILES string of the molecule is FN1P(F)N=P(F)(OC(F)(F)C(F)(F)F)N(F)P1F. The van der Waals surface area contributed by atoms with E-state index in [0.29, 0.717) is 0 Å². The van der Waals surface area contributed by atoms with Gasteiger partial charge in [-0.3, -0.25) is 0 Å². The fraction of sp³-hybridized carbons (Fsp3) is 1.00. The third-order valence-corrected chi connectivity index (χ3v) is 6.51. The fourth-order valence-electron chi connectivity index (χ4n) is 0.619. The highest BCUT2D eigenvalue weighted by molar-refractivity contribution is 7.77. The van der Waals surface area contributed by atoms with Crippen LogP contribution >= 0.6 is 24.8 Å². The molecule has 1 aliphatic rings. The summed E-state index contributed by atoms with van der Waals surface area (Å²) in [6.07, 6.45) is -12.7. The van der Waals surface area contributed by atoms with Crippen LogP contribution in [0.25, 0.3) is 0 Å². The summed E-state index contributed by atoms with van der Waals surface area (Å²) in [5.74, 6) is 0. The normalized spacial score (nSPS) is 35.3. The van der Waals surface area contributed by atoms with E-state index in [9.17, 15) is 43.5 Å². The summed E-state index contributed by atoms with van der Waals surface area (Å²) >= 11 is 0. The van der Waals surface area contributed by atoms with Crippen molar-refractivity contribution in [2.75, 3.05) is 0 Å². The first-order valence-electron chi connectivity index (χ1n) is 3.63. The lowest BCUT2D eigenvalue weighted by atomic mass is 10.6. The fourth-order valence-corrected chi connectivity index (χ4v) is 5.19. The van der Waals surface area contributed by atoms with Crippen LogP contribution in [-0.2, 0) is 4.52 Å². The van der Waals surface area contributed by atoms with Gasteiger partial charge in [0.15, 0.2) is 0 Å². The van der Waals surface area contributed by atoms with Crippen LogP contribution in [0.2, 0.25) is 0 Å². The zero-order valence-corrected chi connectivity index (χ0v) is 10.6. The van der Waals surface area contributed by atoms with Gasteiger partial charge in [-0.05, 0) is 4.66 Å². The smallest absolute Gasteiger partial charge is 0.233 e. The van der Waals surface area contributed by atoms with E-state index in [1.807, 2.05) is 0 Å². The number of nitrogens with zero attached hydrogens (tertiary/aromatic N) is 3. The second-order valence-electron chi connectivity index (χ2n) is 2.63. The molecule has 3 unspecified atom stereocenters. The van der Waals surface area contributed by atoms with E-state index < -0.39 is 46.4 Å². The van der Waals surface area contributed by atoms with Crippen LogP contribution in [0.15, 0.2) is 4.52 Å². The second kappa shape index (κ2) is 5.23. The van der Waals surface area contributed by atoms with Gasteiger partial charge in [0.1, 0.15) is 0 Å². The highest BCUT2D eigenvalue weighted by Gasteiger charge is 2.65. The third kappa shape index (κ3) is 3.30. The third-order valence-electron chi connectivity index (χ3n) is 1.36. The summed E-state index contributed by atoms with van der Waals surface area (Å²) in [5, 5.41) is 0. The van der Waals surface area contributed by atoms with E-state index in [0.717, 1.165) is 0 Å². The van der Waals surface area contributed by atoms with Crippen LogP contribution in [0.5, 0.6) is 0 Å². The average molecular weight is 365 g/mol. The van der Waals surface area contributed by atoms with Crippen molar-refractivity contribution in [2.45, 2.75) is 12.3 Å². The van der Waals surface area contributed by atoms with Gasteiger partial charge in [-0.25, -0.2) is 4.52 Å². The maximum Gasteiger partial charge on any atom is 0.483 e. The Morgan fingerprint density at radius 3 is 1.95 bits per heavy atom. The lowest BCUT2D eigenvalue weighted by Crippen LogP contribution is -2.38. The van der Waals surface area contributed by atoms with Crippen molar-refractivity contribution < 1.29 is 48.0 Å². The molecular formula is C2F10N3OP3. The molecule has 0 fully saturated rings. The van der Waals surface area contributed by atoms with Crippen LogP contribution in [0.3, 0.4) is 0 Å². The first-order valence-corrected chi connectivity index (χ1v) is 7.41. The van der Waals surface area contributed by atoms with E-state index >= 15 is 0 Å². The topological polar surface area (TPSA) is 28.1 Å². The van der Waals surface area contributed by atoms with Gasteiger partial charge in [0.2, 0.25) is 0 Å². The van der Waals surface area contributed by atoms with Gasteiger partial charge in [0.25, 0.3) is 0 Å². The molecule has 0 spiro atoms. The Hall–Kier alpha value is 0.270. The van der Waals surface area contributed by atoms with Gasteiger partial charge in [0, 0.05) is 4.66 Å². The van der Waals surface area contributed by atoms with E-state index in [2.05, 4.69) is 4.52 Å². The Morgan fingerprint density at radius 1 is 1.05 bits per heavy atom. The van der Waals surface area contributed by atoms with Crippen molar-refractivity contribution >= 4 is 24.8 Å². The van der Waals surface area contributed by atoms with E-state index in [1.165, 1.54) is 0 Å². The minimum absolute atomic E-state index is 1.57. The molecule has 4 nitrogen and oxygen atoms in total. The molecule has 17 heteroatoms. The van der Waals surface area contributed by atoms with Gasteiger partial charge in [-0.2, -0.15) is 39.1 Å². The molecule has 0 radical (unpaired) electrons. The summed E-state index contributed by atoms with van der Waals surface area (Å²) in [4.78, 5) is 0. The molecule has 3 atom stereocenters. The number of halogens is 10. The van der Waals surface area contributed by atoms with Gasteiger partial charge >= 0.3 is 37.1 Å². The predicted molar refractivity (Wildman–Crippen MR) is 44.5 cm³/mol. The van der Waals surface area contributed by atoms with E-state index in [-0.39, 0.29) is 0 Å².